The standard InChI is InChI=1S/C60H48N2/c1-40(2)52-37-45(43-29-27-42(28-30-43)41-17-7-5-8-18-41)31-35-58(52)62(47-32-34-49-48-21-11-14-24-54(48)60(3,4)55(49)39-47)59-36-33-46(38-53(59)44-19-9-6-10-20-44)61-56-25-15-12-22-50(56)51-23-13-16-26-57(51)61/h5-40H,1-4H3. The quantitative estimate of drug-likeness (QED) is 0.149. The average molecular weight is 797 g/mol. The van der Waals surface area contributed by atoms with Crippen molar-refractivity contribution in [2.75, 3.05) is 4.90 Å². The Morgan fingerprint density at radius 3 is 1.61 bits per heavy atom. The van der Waals surface area contributed by atoms with E-state index in [1.807, 2.05) is 0 Å². The van der Waals surface area contributed by atoms with Crippen molar-refractivity contribution >= 4 is 38.9 Å². The number of nitrogens with zero attached hydrogens (tertiary/aromatic N) is 2. The summed E-state index contributed by atoms with van der Waals surface area (Å²) in [5, 5.41) is 2.52. The van der Waals surface area contributed by atoms with Gasteiger partial charge in [0, 0.05) is 38.8 Å². The third kappa shape index (κ3) is 6.17. The molecule has 2 heteroatoms. The average Bonchev–Trinajstić information content (AvgIpc) is 3.78. The summed E-state index contributed by atoms with van der Waals surface area (Å²) in [7, 11) is 0. The van der Waals surface area contributed by atoms with Crippen molar-refractivity contribution < 1.29 is 0 Å². The fourth-order valence-electron chi connectivity index (χ4n) is 10.0. The van der Waals surface area contributed by atoms with Crippen molar-refractivity contribution in [1.82, 2.24) is 4.57 Å². The number of anilines is 3. The van der Waals surface area contributed by atoms with Gasteiger partial charge in [-0.15, -0.1) is 0 Å². The van der Waals surface area contributed by atoms with Gasteiger partial charge in [-0.2, -0.15) is 0 Å². The molecule has 0 saturated heterocycles. The number of benzene rings is 9. The molecular weight excluding hydrogens is 749 g/mol. The minimum absolute atomic E-state index is 0.146. The number of hydrogen-bond donors (Lipinski definition) is 0. The Labute approximate surface area is 365 Å². The zero-order valence-electron chi connectivity index (χ0n) is 35.7. The Morgan fingerprint density at radius 2 is 0.935 bits per heavy atom. The van der Waals surface area contributed by atoms with Gasteiger partial charge in [0.25, 0.3) is 0 Å². The third-order valence-corrected chi connectivity index (χ3v) is 13.2. The summed E-state index contributed by atoms with van der Waals surface area (Å²) < 4.78 is 2.43. The van der Waals surface area contributed by atoms with Crippen molar-refractivity contribution in [2.45, 2.75) is 39.0 Å². The van der Waals surface area contributed by atoms with Crippen LogP contribution >= 0.6 is 0 Å². The topological polar surface area (TPSA) is 8.17 Å². The molecule has 298 valence electrons. The monoisotopic (exact) mass is 796 g/mol. The van der Waals surface area contributed by atoms with Crippen LogP contribution < -0.4 is 4.90 Å². The maximum atomic E-state index is 2.54. The summed E-state index contributed by atoms with van der Waals surface area (Å²) >= 11 is 0. The molecule has 1 aromatic heterocycles. The molecule has 0 unspecified atom stereocenters. The Kier molecular flexibility index (Phi) is 9.05. The molecule has 0 fully saturated rings. The zero-order valence-corrected chi connectivity index (χ0v) is 35.7. The van der Waals surface area contributed by atoms with Gasteiger partial charge in [-0.3, -0.25) is 0 Å². The normalized spacial score (nSPS) is 12.8. The fraction of sp³-hybridized carbons (Fsp3) is 0.100. The van der Waals surface area contributed by atoms with Crippen molar-refractivity contribution in [3.63, 3.8) is 0 Å². The Bertz CT molecular complexity index is 3230. The SMILES string of the molecule is CC(C)c1cc(-c2ccc(-c3ccccc3)cc2)ccc1N(c1ccc2c(c1)C(C)(C)c1ccccc1-2)c1ccc(-n2c3ccccc3c3ccccc32)cc1-c1ccccc1. The highest BCUT2D eigenvalue weighted by Gasteiger charge is 2.36. The van der Waals surface area contributed by atoms with Crippen LogP contribution in [-0.2, 0) is 5.41 Å². The maximum absolute atomic E-state index is 2.54. The first-order valence-electron chi connectivity index (χ1n) is 21.9. The van der Waals surface area contributed by atoms with E-state index in [1.165, 1.54) is 88.7 Å². The van der Waals surface area contributed by atoms with Gasteiger partial charge < -0.3 is 9.47 Å². The molecule has 1 aliphatic rings. The van der Waals surface area contributed by atoms with E-state index in [-0.39, 0.29) is 11.3 Å². The van der Waals surface area contributed by atoms with Crippen LogP contribution in [-0.4, -0.2) is 4.57 Å². The lowest BCUT2D eigenvalue weighted by molar-refractivity contribution is 0.660. The van der Waals surface area contributed by atoms with E-state index in [1.54, 1.807) is 0 Å². The van der Waals surface area contributed by atoms with Crippen LogP contribution in [0.4, 0.5) is 17.1 Å². The molecule has 0 saturated carbocycles. The van der Waals surface area contributed by atoms with Crippen molar-refractivity contribution in [2.24, 2.45) is 0 Å². The molecule has 0 atom stereocenters. The van der Waals surface area contributed by atoms with Crippen LogP contribution in [0.3, 0.4) is 0 Å². The highest BCUT2D eigenvalue weighted by atomic mass is 15.1. The van der Waals surface area contributed by atoms with Gasteiger partial charge in [0.2, 0.25) is 0 Å². The second-order valence-electron chi connectivity index (χ2n) is 17.5. The molecule has 62 heavy (non-hydrogen) atoms. The van der Waals surface area contributed by atoms with Gasteiger partial charge in [-0.05, 0) is 116 Å². The lowest BCUT2D eigenvalue weighted by Crippen LogP contribution is -2.18. The zero-order chi connectivity index (χ0) is 42.0. The summed E-state index contributed by atoms with van der Waals surface area (Å²) in [5.74, 6) is 0.253. The highest BCUT2D eigenvalue weighted by molar-refractivity contribution is 6.09. The largest absolute Gasteiger partial charge is 0.310 e. The minimum atomic E-state index is -0.146. The maximum Gasteiger partial charge on any atom is 0.0541 e. The van der Waals surface area contributed by atoms with Crippen LogP contribution in [0, 0.1) is 0 Å². The van der Waals surface area contributed by atoms with Crippen molar-refractivity contribution in [3.05, 3.63) is 229 Å². The van der Waals surface area contributed by atoms with Crippen LogP contribution in [0.2, 0.25) is 0 Å². The summed E-state index contributed by atoms with van der Waals surface area (Å²) in [4.78, 5) is 2.54. The summed E-state index contributed by atoms with van der Waals surface area (Å²) in [6.07, 6.45) is 0. The van der Waals surface area contributed by atoms with Crippen molar-refractivity contribution in [1.29, 1.82) is 0 Å². The lowest BCUT2D eigenvalue weighted by atomic mass is 9.82. The molecule has 9 aromatic carbocycles. The van der Waals surface area contributed by atoms with Crippen LogP contribution in [0.5, 0.6) is 0 Å². The van der Waals surface area contributed by atoms with Gasteiger partial charge in [0.1, 0.15) is 0 Å². The van der Waals surface area contributed by atoms with Gasteiger partial charge in [0.15, 0.2) is 0 Å². The van der Waals surface area contributed by atoms with E-state index in [4.69, 9.17) is 0 Å². The molecule has 0 radical (unpaired) electrons. The van der Waals surface area contributed by atoms with Gasteiger partial charge in [0.05, 0.1) is 16.7 Å². The first kappa shape index (κ1) is 37.6. The molecule has 11 rings (SSSR count). The Hall–Kier alpha value is -7.42. The molecule has 0 aliphatic heterocycles. The first-order chi connectivity index (χ1) is 30.3. The molecule has 2 nitrogen and oxygen atoms in total. The predicted octanol–water partition coefficient (Wildman–Crippen LogP) is 16.7. The molecular formula is C60H48N2. The van der Waals surface area contributed by atoms with Crippen LogP contribution in [0.25, 0.3) is 72.0 Å². The minimum Gasteiger partial charge on any atom is -0.310 e. The predicted molar refractivity (Wildman–Crippen MR) is 263 cm³/mol. The molecule has 1 aliphatic carbocycles. The van der Waals surface area contributed by atoms with Crippen molar-refractivity contribution in [3.8, 4) is 50.2 Å². The molecule has 0 spiro atoms. The van der Waals surface area contributed by atoms with Crippen LogP contribution in [0.1, 0.15) is 50.3 Å². The van der Waals surface area contributed by atoms with E-state index in [0.29, 0.717) is 0 Å². The number of hydrogen-bond acceptors (Lipinski definition) is 1. The van der Waals surface area contributed by atoms with Gasteiger partial charge >= 0.3 is 0 Å². The molecule has 0 bridgehead atoms. The van der Waals surface area contributed by atoms with E-state index in [9.17, 15) is 0 Å². The van der Waals surface area contributed by atoms with E-state index >= 15 is 0 Å². The molecule has 0 amide bonds. The van der Waals surface area contributed by atoms with E-state index < -0.39 is 0 Å². The smallest absolute Gasteiger partial charge is 0.0541 e. The van der Waals surface area contributed by atoms with Crippen LogP contribution in [0.15, 0.2) is 212 Å². The number of fused-ring (bicyclic) bond motifs is 6. The third-order valence-electron chi connectivity index (χ3n) is 13.2. The molecule has 10 aromatic rings. The fourth-order valence-corrected chi connectivity index (χ4v) is 10.0. The summed E-state index contributed by atoms with van der Waals surface area (Å²) in [6, 6.07) is 78.4. The summed E-state index contributed by atoms with van der Waals surface area (Å²) in [6.45, 7) is 9.40. The Balaban J connectivity index is 1.14. The first-order valence-corrected chi connectivity index (χ1v) is 21.9. The number of para-hydroxylation sites is 2. The lowest BCUT2D eigenvalue weighted by Gasteiger charge is -2.32. The number of rotatable bonds is 8. The van der Waals surface area contributed by atoms with Gasteiger partial charge in [-0.25, -0.2) is 0 Å². The van der Waals surface area contributed by atoms with Gasteiger partial charge in [-0.1, -0.05) is 185 Å². The second-order valence-corrected chi connectivity index (χ2v) is 17.5. The number of aromatic nitrogens is 1. The molecule has 0 N–H and O–H groups in total. The molecule has 1 heterocycles. The van der Waals surface area contributed by atoms with E-state index in [2.05, 4.69) is 249 Å². The highest BCUT2D eigenvalue weighted by Crippen LogP contribution is 2.52. The van der Waals surface area contributed by atoms with E-state index in [0.717, 1.165) is 17.1 Å². The second kappa shape index (κ2) is 14.9. The Morgan fingerprint density at radius 1 is 0.403 bits per heavy atom. The summed E-state index contributed by atoms with van der Waals surface area (Å²) in [5.41, 5.74) is 20.7.